The predicted molar refractivity (Wildman–Crippen MR) is 96.5 cm³/mol. The van der Waals surface area contributed by atoms with Crippen LogP contribution in [0.5, 0.6) is 5.75 Å². The Labute approximate surface area is 150 Å². The van der Waals surface area contributed by atoms with Gasteiger partial charge in [-0.1, -0.05) is 31.8 Å². The third-order valence-electron chi connectivity index (χ3n) is 6.33. The van der Waals surface area contributed by atoms with Crippen molar-refractivity contribution < 1.29 is 13.5 Å². The van der Waals surface area contributed by atoms with Gasteiger partial charge in [-0.05, 0) is 73.8 Å². The minimum absolute atomic E-state index is 0.0547. The van der Waals surface area contributed by atoms with E-state index in [1.807, 2.05) is 0 Å². The van der Waals surface area contributed by atoms with Crippen LogP contribution in [0.15, 0.2) is 12.1 Å². The fourth-order valence-corrected chi connectivity index (χ4v) is 4.75. The summed E-state index contributed by atoms with van der Waals surface area (Å²) in [4.78, 5) is 0. The monoisotopic (exact) mass is 346 g/mol. The van der Waals surface area contributed by atoms with E-state index < -0.39 is 11.6 Å². The first-order chi connectivity index (χ1) is 12.1. The molecular formula is C22H28F2O. The Balaban J connectivity index is 1.61. The highest BCUT2D eigenvalue weighted by molar-refractivity contribution is 5.33. The maximum absolute atomic E-state index is 14.5. The van der Waals surface area contributed by atoms with Crippen molar-refractivity contribution in [1.82, 2.24) is 0 Å². The van der Waals surface area contributed by atoms with Crippen molar-refractivity contribution in [2.24, 2.45) is 17.8 Å². The number of rotatable bonds is 4. The first-order valence-corrected chi connectivity index (χ1v) is 9.64. The maximum atomic E-state index is 14.5. The molecule has 1 aromatic carbocycles. The Morgan fingerprint density at radius 1 is 0.960 bits per heavy atom. The number of hydrogen-bond acceptors (Lipinski definition) is 1. The van der Waals surface area contributed by atoms with Gasteiger partial charge in [-0.2, -0.15) is 4.39 Å². The van der Waals surface area contributed by atoms with Crippen LogP contribution < -0.4 is 4.74 Å². The van der Waals surface area contributed by atoms with Gasteiger partial charge in [0.05, 0.1) is 0 Å². The Bertz CT molecular complexity index is 618. The van der Waals surface area contributed by atoms with Crippen molar-refractivity contribution in [3.63, 3.8) is 0 Å². The summed E-state index contributed by atoms with van der Waals surface area (Å²) < 4.78 is 33.7. The highest BCUT2D eigenvalue weighted by Crippen LogP contribution is 2.44. The zero-order chi connectivity index (χ0) is 17.8. The highest BCUT2D eigenvalue weighted by atomic mass is 19.2. The second kappa shape index (κ2) is 8.21. The van der Waals surface area contributed by atoms with Gasteiger partial charge in [0.2, 0.25) is 5.82 Å². The van der Waals surface area contributed by atoms with Gasteiger partial charge < -0.3 is 4.74 Å². The van der Waals surface area contributed by atoms with Crippen LogP contribution in [0.3, 0.4) is 0 Å². The summed E-state index contributed by atoms with van der Waals surface area (Å²) in [5.41, 5.74) is 0.501. The summed E-state index contributed by atoms with van der Waals surface area (Å²) in [6.07, 6.45) is 14.7. The average Bonchev–Trinajstić information content (AvgIpc) is 2.64. The lowest BCUT2D eigenvalue weighted by Crippen LogP contribution is -2.25. The number of hydrogen-bond donors (Lipinski definition) is 0. The van der Waals surface area contributed by atoms with Crippen LogP contribution >= 0.6 is 0 Å². The maximum Gasteiger partial charge on any atom is 0.200 e. The molecule has 3 heteroatoms. The smallest absolute Gasteiger partial charge is 0.200 e. The van der Waals surface area contributed by atoms with Crippen molar-refractivity contribution in [3.8, 4) is 18.1 Å². The van der Waals surface area contributed by atoms with Gasteiger partial charge in [-0.15, -0.1) is 6.42 Å². The molecule has 0 unspecified atom stereocenters. The van der Waals surface area contributed by atoms with Crippen molar-refractivity contribution in [2.45, 2.75) is 64.2 Å². The summed E-state index contributed by atoms with van der Waals surface area (Å²) in [7, 11) is 0. The lowest BCUT2D eigenvalue weighted by atomic mass is 9.68. The molecule has 2 aliphatic carbocycles. The summed E-state index contributed by atoms with van der Waals surface area (Å²) in [5.74, 6) is 3.12. The molecule has 0 aromatic heterocycles. The molecule has 3 rings (SSSR count). The van der Waals surface area contributed by atoms with E-state index in [1.54, 1.807) is 6.07 Å². The van der Waals surface area contributed by atoms with Gasteiger partial charge in [-0.3, -0.25) is 0 Å². The molecule has 0 N–H and O–H groups in total. The lowest BCUT2D eigenvalue weighted by Gasteiger charge is -2.37. The largest absolute Gasteiger partial charge is 0.478 e. The second-order valence-corrected chi connectivity index (χ2v) is 7.91. The molecule has 1 aromatic rings. The number of halogens is 2. The van der Waals surface area contributed by atoms with Crippen molar-refractivity contribution in [3.05, 3.63) is 29.3 Å². The van der Waals surface area contributed by atoms with Crippen molar-refractivity contribution in [2.75, 3.05) is 6.61 Å². The fourth-order valence-electron chi connectivity index (χ4n) is 4.75. The zero-order valence-electron chi connectivity index (χ0n) is 15.1. The Morgan fingerprint density at radius 2 is 1.56 bits per heavy atom. The molecule has 0 spiro atoms. The van der Waals surface area contributed by atoms with Gasteiger partial charge in [0.25, 0.3) is 0 Å². The topological polar surface area (TPSA) is 9.23 Å². The molecule has 0 bridgehead atoms. The Kier molecular flexibility index (Phi) is 5.99. The molecule has 0 atom stereocenters. The minimum Gasteiger partial charge on any atom is -0.478 e. The van der Waals surface area contributed by atoms with E-state index in [1.165, 1.54) is 31.7 Å². The van der Waals surface area contributed by atoms with Gasteiger partial charge >= 0.3 is 0 Å². The minimum atomic E-state index is -0.906. The van der Waals surface area contributed by atoms with Crippen LogP contribution in [0, 0.1) is 41.7 Å². The highest BCUT2D eigenvalue weighted by Gasteiger charge is 2.32. The third-order valence-corrected chi connectivity index (χ3v) is 6.33. The molecule has 25 heavy (non-hydrogen) atoms. The molecule has 2 aliphatic rings. The van der Waals surface area contributed by atoms with E-state index in [0.29, 0.717) is 5.56 Å². The van der Waals surface area contributed by atoms with E-state index in [2.05, 4.69) is 12.8 Å². The average molecular weight is 346 g/mol. The lowest BCUT2D eigenvalue weighted by molar-refractivity contribution is 0.164. The molecule has 0 amide bonds. The molecule has 2 saturated carbocycles. The van der Waals surface area contributed by atoms with E-state index in [0.717, 1.165) is 43.4 Å². The van der Waals surface area contributed by atoms with E-state index in [9.17, 15) is 8.78 Å². The second-order valence-electron chi connectivity index (χ2n) is 7.91. The molecular weight excluding hydrogens is 318 g/mol. The SMILES string of the molecule is C#CCOc1ccc(C2CCC(C3CCC(C)CC3)CC2)c(F)c1F. The normalized spacial score (nSPS) is 29.8. The van der Waals surface area contributed by atoms with E-state index in [4.69, 9.17) is 11.2 Å². The van der Waals surface area contributed by atoms with Gasteiger partial charge in [0, 0.05) is 0 Å². The number of ether oxygens (including phenoxy) is 1. The third kappa shape index (κ3) is 4.17. The summed E-state index contributed by atoms with van der Waals surface area (Å²) in [6, 6.07) is 3.19. The Hall–Kier alpha value is -1.56. The van der Waals surface area contributed by atoms with Crippen LogP contribution in [0.2, 0.25) is 0 Å². The van der Waals surface area contributed by atoms with Crippen LogP contribution in [0.4, 0.5) is 8.78 Å². The summed E-state index contributed by atoms with van der Waals surface area (Å²) in [5, 5.41) is 0. The van der Waals surface area contributed by atoms with Gasteiger partial charge in [0.1, 0.15) is 6.61 Å². The number of terminal acetylenes is 1. The van der Waals surface area contributed by atoms with Crippen molar-refractivity contribution in [1.29, 1.82) is 0 Å². The van der Waals surface area contributed by atoms with Crippen LogP contribution in [-0.2, 0) is 0 Å². The molecule has 136 valence electrons. The van der Waals surface area contributed by atoms with Crippen LogP contribution in [-0.4, -0.2) is 6.61 Å². The molecule has 0 heterocycles. The number of benzene rings is 1. The zero-order valence-corrected chi connectivity index (χ0v) is 15.1. The molecule has 0 aliphatic heterocycles. The van der Waals surface area contributed by atoms with E-state index in [-0.39, 0.29) is 18.3 Å². The molecule has 0 saturated heterocycles. The van der Waals surface area contributed by atoms with Gasteiger partial charge in [0.15, 0.2) is 11.6 Å². The predicted octanol–water partition coefficient (Wildman–Crippen LogP) is 6.08. The molecule has 2 fully saturated rings. The van der Waals surface area contributed by atoms with Crippen LogP contribution in [0.25, 0.3) is 0 Å². The summed E-state index contributed by atoms with van der Waals surface area (Å²) >= 11 is 0. The molecule has 0 radical (unpaired) electrons. The molecule has 1 nitrogen and oxygen atoms in total. The fraction of sp³-hybridized carbons (Fsp3) is 0.636. The van der Waals surface area contributed by atoms with Gasteiger partial charge in [-0.25, -0.2) is 4.39 Å². The quantitative estimate of drug-likeness (QED) is 0.601. The van der Waals surface area contributed by atoms with Crippen molar-refractivity contribution >= 4 is 0 Å². The van der Waals surface area contributed by atoms with E-state index >= 15 is 0 Å². The first-order valence-electron chi connectivity index (χ1n) is 9.64. The summed E-state index contributed by atoms with van der Waals surface area (Å²) in [6.45, 7) is 2.29. The van der Waals surface area contributed by atoms with Crippen LogP contribution in [0.1, 0.15) is 69.8 Å². The first kappa shape index (κ1) is 18.2. The Morgan fingerprint density at radius 3 is 2.16 bits per heavy atom. The standard InChI is InChI=1S/C22H28F2O/c1-3-14-25-20-13-12-19(21(23)22(20)24)18-10-8-17(9-11-18)16-6-4-15(2)5-7-16/h1,12-13,15-18H,4-11,14H2,2H3.